The Morgan fingerprint density at radius 2 is 1.79 bits per heavy atom. The van der Waals surface area contributed by atoms with Crippen molar-refractivity contribution in [2.45, 2.75) is 11.8 Å². The molecule has 2 aromatic carbocycles. The van der Waals surface area contributed by atoms with E-state index in [1.165, 1.54) is 0 Å². The van der Waals surface area contributed by atoms with Crippen LogP contribution in [-0.2, 0) is 15.0 Å². The van der Waals surface area contributed by atoms with Crippen LogP contribution in [0.15, 0.2) is 54.6 Å². The molecule has 2 aliphatic heterocycles. The van der Waals surface area contributed by atoms with E-state index < -0.39 is 11.4 Å². The van der Waals surface area contributed by atoms with Gasteiger partial charge in [-0.05, 0) is 17.2 Å². The average Bonchev–Trinajstić information content (AvgIpc) is 3.20. The highest BCUT2D eigenvalue weighted by molar-refractivity contribution is 7.15. The van der Waals surface area contributed by atoms with Gasteiger partial charge in [0, 0.05) is 18.3 Å². The highest BCUT2D eigenvalue weighted by Crippen LogP contribution is 2.57. The van der Waals surface area contributed by atoms with Crippen LogP contribution in [0.1, 0.15) is 26.5 Å². The number of aromatic carboxylic acids is 1. The summed E-state index contributed by atoms with van der Waals surface area (Å²) in [6.07, 6.45) is -0.0476. The number of carbonyl (C=O) groups is 3. The molecule has 1 spiro atoms. The molecule has 0 bridgehead atoms. The largest absolute Gasteiger partial charge is 0.477 e. The lowest BCUT2D eigenvalue weighted by atomic mass is 9.74. The fourth-order valence-electron chi connectivity index (χ4n) is 4.41. The molecule has 0 saturated heterocycles. The summed E-state index contributed by atoms with van der Waals surface area (Å²) in [6.45, 7) is 0. The van der Waals surface area contributed by atoms with Crippen LogP contribution in [0, 0.1) is 0 Å². The van der Waals surface area contributed by atoms with Crippen LogP contribution < -0.4 is 10.2 Å². The maximum atomic E-state index is 13.5. The number of thiophene rings is 1. The number of carboxylic acids is 1. The number of hydrogen-bond donors (Lipinski definition) is 2. The van der Waals surface area contributed by atoms with Crippen LogP contribution in [0.5, 0.6) is 0 Å². The van der Waals surface area contributed by atoms with Crippen molar-refractivity contribution in [2.24, 2.45) is 0 Å². The molecule has 2 N–H and O–H groups in total. The highest BCUT2D eigenvalue weighted by atomic mass is 32.1. The molecule has 0 fully saturated rings. The normalized spacial score (nSPS) is 19.8. The molecule has 0 unspecified atom stereocenters. The number of carboxylic acid groups (broad SMARTS) is 1. The average molecular weight is 404 g/mol. The summed E-state index contributed by atoms with van der Waals surface area (Å²) in [5.74, 6) is -1.60. The number of anilines is 2. The second-order valence-electron chi connectivity index (χ2n) is 7.19. The number of benzene rings is 2. The van der Waals surface area contributed by atoms with Gasteiger partial charge in [0.05, 0.1) is 17.0 Å². The van der Waals surface area contributed by atoms with Crippen molar-refractivity contribution in [3.05, 3.63) is 69.9 Å². The Morgan fingerprint density at radius 3 is 2.52 bits per heavy atom. The summed E-state index contributed by atoms with van der Waals surface area (Å²) in [5, 5.41) is 12.7. The molecule has 29 heavy (non-hydrogen) atoms. The molecular weight excluding hydrogens is 388 g/mol. The summed E-state index contributed by atoms with van der Waals surface area (Å²) in [5.41, 5.74) is 1.84. The van der Waals surface area contributed by atoms with Gasteiger partial charge in [-0.2, -0.15) is 0 Å². The molecule has 5 rings (SSSR count). The number of carbonyl (C=O) groups excluding carboxylic acids is 2. The maximum Gasteiger partial charge on any atom is 0.346 e. The lowest BCUT2D eigenvalue weighted by molar-refractivity contribution is -0.126. The van der Waals surface area contributed by atoms with Gasteiger partial charge in [-0.1, -0.05) is 48.5 Å². The van der Waals surface area contributed by atoms with Gasteiger partial charge >= 0.3 is 5.97 Å². The zero-order chi connectivity index (χ0) is 20.3. The Bertz CT molecular complexity index is 1200. The van der Waals surface area contributed by atoms with Gasteiger partial charge in [0.1, 0.15) is 10.3 Å². The summed E-state index contributed by atoms with van der Waals surface area (Å²) in [7, 11) is 1.69. The lowest BCUT2D eigenvalue weighted by Crippen LogP contribution is -2.45. The zero-order valence-corrected chi connectivity index (χ0v) is 16.2. The van der Waals surface area contributed by atoms with E-state index in [-0.39, 0.29) is 23.1 Å². The van der Waals surface area contributed by atoms with Crippen molar-refractivity contribution in [3.8, 4) is 11.1 Å². The number of para-hydroxylation sites is 1. The number of nitrogens with one attached hydrogen (secondary N) is 1. The van der Waals surface area contributed by atoms with Crippen LogP contribution in [0.25, 0.3) is 11.1 Å². The van der Waals surface area contributed by atoms with E-state index in [1.807, 2.05) is 42.5 Å². The number of fused-ring (bicyclic) bond motifs is 4. The SMILES string of the molecule is CN1C(=O)[C@@]2(CC(=O)Nc3c2sc(C(=O)O)c3-c2ccccc2)c2ccccc21. The van der Waals surface area contributed by atoms with Crippen LogP contribution >= 0.6 is 11.3 Å². The molecule has 144 valence electrons. The molecule has 2 amide bonds. The molecule has 7 heteroatoms. The van der Waals surface area contributed by atoms with Crippen molar-refractivity contribution in [2.75, 3.05) is 17.3 Å². The van der Waals surface area contributed by atoms with E-state index >= 15 is 0 Å². The van der Waals surface area contributed by atoms with E-state index in [1.54, 1.807) is 24.1 Å². The minimum absolute atomic E-state index is 0.0476. The second-order valence-corrected chi connectivity index (χ2v) is 8.21. The summed E-state index contributed by atoms with van der Waals surface area (Å²) in [6, 6.07) is 16.5. The van der Waals surface area contributed by atoms with Gasteiger partial charge in [0.15, 0.2) is 0 Å². The number of nitrogens with zero attached hydrogens (tertiary/aromatic N) is 1. The first kappa shape index (κ1) is 17.6. The molecule has 3 heterocycles. The van der Waals surface area contributed by atoms with Crippen molar-refractivity contribution >= 4 is 40.5 Å². The first-order chi connectivity index (χ1) is 13.9. The third-order valence-electron chi connectivity index (χ3n) is 5.64. The third kappa shape index (κ3) is 2.25. The van der Waals surface area contributed by atoms with E-state index in [9.17, 15) is 19.5 Å². The Kier molecular flexibility index (Phi) is 3.66. The number of likely N-dealkylation sites (N-methyl/N-ethyl adjacent to an activating group) is 1. The Morgan fingerprint density at radius 1 is 1.10 bits per heavy atom. The lowest BCUT2D eigenvalue weighted by Gasteiger charge is -2.32. The highest BCUT2D eigenvalue weighted by Gasteiger charge is 2.57. The van der Waals surface area contributed by atoms with Gasteiger partial charge in [-0.15, -0.1) is 11.3 Å². The molecule has 0 radical (unpaired) electrons. The van der Waals surface area contributed by atoms with Crippen molar-refractivity contribution in [1.82, 2.24) is 0 Å². The van der Waals surface area contributed by atoms with Crippen LogP contribution in [-0.4, -0.2) is 29.9 Å². The number of rotatable bonds is 2. The Hall–Kier alpha value is -3.45. The molecule has 1 aromatic heterocycles. The van der Waals surface area contributed by atoms with Gasteiger partial charge in [-0.3, -0.25) is 9.59 Å². The molecule has 1 atom stereocenters. The van der Waals surface area contributed by atoms with Gasteiger partial charge in [-0.25, -0.2) is 4.79 Å². The first-order valence-corrected chi connectivity index (χ1v) is 9.90. The van der Waals surface area contributed by atoms with Crippen molar-refractivity contribution in [3.63, 3.8) is 0 Å². The van der Waals surface area contributed by atoms with Gasteiger partial charge < -0.3 is 15.3 Å². The number of amides is 2. The molecule has 0 saturated carbocycles. The smallest absolute Gasteiger partial charge is 0.346 e. The number of hydrogen-bond acceptors (Lipinski definition) is 4. The monoisotopic (exact) mass is 404 g/mol. The van der Waals surface area contributed by atoms with E-state index in [0.717, 1.165) is 22.6 Å². The van der Waals surface area contributed by atoms with Crippen LogP contribution in [0.2, 0.25) is 0 Å². The van der Waals surface area contributed by atoms with E-state index in [2.05, 4.69) is 5.32 Å². The molecule has 0 aliphatic carbocycles. The Labute approximate surface area is 170 Å². The predicted molar refractivity (Wildman–Crippen MR) is 111 cm³/mol. The predicted octanol–water partition coefficient (Wildman–Crippen LogP) is 3.72. The van der Waals surface area contributed by atoms with Crippen molar-refractivity contribution in [1.29, 1.82) is 0 Å². The van der Waals surface area contributed by atoms with Crippen LogP contribution in [0.4, 0.5) is 11.4 Å². The molecule has 2 aliphatic rings. The van der Waals surface area contributed by atoms with Gasteiger partial charge in [0.25, 0.3) is 0 Å². The quantitative estimate of drug-likeness (QED) is 0.682. The summed E-state index contributed by atoms with van der Waals surface area (Å²) < 4.78 is 0. The minimum atomic E-state index is -1.20. The first-order valence-electron chi connectivity index (χ1n) is 9.08. The zero-order valence-electron chi connectivity index (χ0n) is 15.4. The second kappa shape index (κ2) is 6.02. The van der Waals surface area contributed by atoms with E-state index in [4.69, 9.17) is 0 Å². The summed E-state index contributed by atoms with van der Waals surface area (Å²) >= 11 is 1.07. The van der Waals surface area contributed by atoms with Crippen molar-refractivity contribution < 1.29 is 19.5 Å². The molecule has 3 aromatic rings. The fourth-order valence-corrected chi connectivity index (χ4v) is 5.73. The van der Waals surface area contributed by atoms with E-state index in [0.29, 0.717) is 21.7 Å². The standard InChI is InChI=1S/C22H16N2O4S/c1-24-14-10-6-5-9-13(14)22(21(24)28)11-15(25)23-17-16(12-7-3-2-4-8-12)18(20(26)27)29-19(17)22/h2-10H,11H2,1H3,(H,23,25)(H,26,27)/t22-/m0/s1. The minimum Gasteiger partial charge on any atom is -0.477 e. The Balaban J connectivity index is 1.87. The van der Waals surface area contributed by atoms with Crippen LogP contribution in [0.3, 0.4) is 0 Å². The maximum absolute atomic E-state index is 13.5. The fraction of sp³-hybridized carbons (Fsp3) is 0.136. The molecule has 6 nitrogen and oxygen atoms in total. The topological polar surface area (TPSA) is 86.7 Å². The summed E-state index contributed by atoms with van der Waals surface area (Å²) in [4.78, 5) is 40.6. The molecular formula is C22H16N2O4S. The third-order valence-corrected chi connectivity index (χ3v) is 6.98. The van der Waals surface area contributed by atoms with Gasteiger partial charge in [0.2, 0.25) is 11.8 Å².